The van der Waals surface area contributed by atoms with Crippen molar-refractivity contribution in [1.82, 2.24) is 9.88 Å². The highest BCUT2D eigenvalue weighted by Gasteiger charge is 2.24. The Labute approximate surface area is 134 Å². The van der Waals surface area contributed by atoms with E-state index in [0.29, 0.717) is 18.8 Å². The van der Waals surface area contributed by atoms with E-state index < -0.39 is 0 Å². The van der Waals surface area contributed by atoms with Gasteiger partial charge in [-0.1, -0.05) is 30.3 Å². The molecule has 120 valence electrons. The minimum atomic E-state index is -0.361. The molecule has 1 fully saturated rings. The predicted octanol–water partition coefficient (Wildman–Crippen LogP) is 1.89. The maximum absolute atomic E-state index is 12.5. The van der Waals surface area contributed by atoms with Crippen molar-refractivity contribution < 1.29 is 9.90 Å². The zero-order valence-corrected chi connectivity index (χ0v) is 12.9. The number of aromatic nitrogens is 1. The maximum Gasteiger partial charge on any atom is 0.261 e. The van der Waals surface area contributed by atoms with Crippen LogP contribution in [0.4, 0.5) is 0 Å². The monoisotopic (exact) mass is 312 g/mol. The molecule has 0 bridgehead atoms. The highest BCUT2D eigenvalue weighted by Crippen LogP contribution is 2.19. The number of pyridine rings is 1. The van der Waals surface area contributed by atoms with Gasteiger partial charge in [0.25, 0.3) is 11.5 Å². The highest BCUT2D eigenvalue weighted by molar-refractivity contribution is 5.94. The Hall–Kier alpha value is -2.40. The van der Waals surface area contributed by atoms with E-state index in [0.717, 1.165) is 18.4 Å². The van der Waals surface area contributed by atoms with Gasteiger partial charge in [0.15, 0.2) is 0 Å². The van der Waals surface area contributed by atoms with Gasteiger partial charge < -0.3 is 15.0 Å². The number of aliphatic hydroxyl groups is 1. The third-order valence-electron chi connectivity index (χ3n) is 4.38. The predicted molar refractivity (Wildman–Crippen MR) is 88.2 cm³/mol. The molecule has 1 aliphatic heterocycles. The Balaban J connectivity index is 1.79. The number of nitrogens with zero attached hydrogens (tertiary/aromatic N) is 1. The summed E-state index contributed by atoms with van der Waals surface area (Å²) < 4.78 is 0. The van der Waals surface area contributed by atoms with Gasteiger partial charge in [-0.05, 0) is 36.5 Å². The molecule has 0 radical (unpaired) electrons. The minimum Gasteiger partial charge on any atom is -0.396 e. The van der Waals surface area contributed by atoms with E-state index in [1.807, 2.05) is 30.3 Å². The van der Waals surface area contributed by atoms with Gasteiger partial charge in [0.05, 0.1) is 0 Å². The minimum absolute atomic E-state index is 0.161. The van der Waals surface area contributed by atoms with Crippen LogP contribution < -0.4 is 5.56 Å². The van der Waals surface area contributed by atoms with Crippen LogP contribution in [0.25, 0.3) is 11.3 Å². The fourth-order valence-electron chi connectivity index (χ4n) is 2.92. The van der Waals surface area contributed by atoms with Crippen LogP contribution in [0.15, 0.2) is 47.3 Å². The Morgan fingerprint density at radius 2 is 1.83 bits per heavy atom. The quantitative estimate of drug-likeness (QED) is 0.909. The normalized spacial score (nSPS) is 15.6. The van der Waals surface area contributed by atoms with Gasteiger partial charge >= 0.3 is 0 Å². The van der Waals surface area contributed by atoms with Gasteiger partial charge in [0, 0.05) is 25.4 Å². The molecule has 1 amide bonds. The number of nitrogens with one attached hydrogen (secondary N) is 1. The lowest BCUT2D eigenvalue weighted by Crippen LogP contribution is -2.41. The third kappa shape index (κ3) is 3.35. The number of H-pyrrole nitrogens is 1. The molecule has 1 saturated heterocycles. The summed E-state index contributed by atoms with van der Waals surface area (Å²) in [5.74, 6) is 0.0278. The van der Waals surface area contributed by atoms with Crippen LogP contribution in [0.3, 0.4) is 0 Å². The Bertz CT molecular complexity index is 731. The summed E-state index contributed by atoms with van der Waals surface area (Å²) in [6.07, 6.45) is 1.56. The van der Waals surface area contributed by atoms with Gasteiger partial charge in [0.1, 0.15) is 5.56 Å². The summed E-state index contributed by atoms with van der Waals surface area (Å²) in [6, 6.07) is 12.9. The largest absolute Gasteiger partial charge is 0.396 e. The number of hydrogen-bond donors (Lipinski definition) is 2. The zero-order valence-electron chi connectivity index (χ0n) is 12.9. The van der Waals surface area contributed by atoms with E-state index in [4.69, 9.17) is 5.11 Å². The molecule has 2 aromatic rings. The van der Waals surface area contributed by atoms with Gasteiger partial charge in [0.2, 0.25) is 0 Å². The lowest BCUT2D eigenvalue weighted by molar-refractivity contribution is 0.0649. The average molecular weight is 312 g/mol. The van der Waals surface area contributed by atoms with E-state index in [-0.39, 0.29) is 29.6 Å². The van der Waals surface area contributed by atoms with E-state index in [9.17, 15) is 9.59 Å². The topological polar surface area (TPSA) is 73.4 Å². The molecular weight excluding hydrogens is 292 g/mol. The van der Waals surface area contributed by atoms with Crippen LogP contribution in [0.5, 0.6) is 0 Å². The first-order valence-corrected chi connectivity index (χ1v) is 7.88. The number of amides is 1. The number of piperidine rings is 1. The molecule has 5 heteroatoms. The van der Waals surface area contributed by atoms with Crippen LogP contribution in [0.1, 0.15) is 23.2 Å². The Morgan fingerprint density at radius 1 is 1.13 bits per heavy atom. The second kappa shape index (κ2) is 6.79. The molecule has 0 spiro atoms. The first kappa shape index (κ1) is 15.5. The Morgan fingerprint density at radius 3 is 2.43 bits per heavy atom. The van der Waals surface area contributed by atoms with Crippen molar-refractivity contribution in [3.63, 3.8) is 0 Å². The average Bonchev–Trinajstić information content (AvgIpc) is 2.62. The first-order valence-electron chi connectivity index (χ1n) is 7.88. The number of aliphatic hydroxyl groups excluding tert-OH is 1. The number of carbonyl (C=O) groups is 1. The maximum atomic E-state index is 12.5. The van der Waals surface area contributed by atoms with Crippen LogP contribution in [-0.4, -0.2) is 40.6 Å². The number of rotatable bonds is 3. The van der Waals surface area contributed by atoms with Crippen molar-refractivity contribution in [2.45, 2.75) is 12.8 Å². The number of benzene rings is 1. The van der Waals surface area contributed by atoms with Crippen molar-refractivity contribution in [2.75, 3.05) is 19.7 Å². The van der Waals surface area contributed by atoms with E-state index in [2.05, 4.69) is 4.98 Å². The van der Waals surface area contributed by atoms with Gasteiger partial charge in [-0.3, -0.25) is 9.59 Å². The van der Waals surface area contributed by atoms with Crippen LogP contribution in [-0.2, 0) is 0 Å². The number of carbonyl (C=O) groups excluding carboxylic acids is 1. The summed E-state index contributed by atoms with van der Waals surface area (Å²) in [6.45, 7) is 1.34. The standard InChI is InChI=1S/C18H20N2O3/c21-12-13-8-10-20(11-9-13)18(23)15-6-7-16(19-17(15)22)14-4-2-1-3-5-14/h1-7,13,21H,8-12H2,(H,19,22). The number of aromatic amines is 1. The first-order chi connectivity index (χ1) is 11.2. The van der Waals surface area contributed by atoms with Crippen molar-refractivity contribution in [3.8, 4) is 11.3 Å². The fourth-order valence-corrected chi connectivity index (χ4v) is 2.92. The molecule has 0 aliphatic carbocycles. The highest BCUT2D eigenvalue weighted by atomic mass is 16.3. The lowest BCUT2D eigenvalue weighted by atomic mass is 9.97. The number of hydrogen-bond acceptors (Lipinski definition) is 3. The number of likely N-dealkylation sites (tertiary alicyclic amines) is 1. The summed E-state index contributed by atoms with van der Waals surface area (Å²) in [7, 11) is 0. The third-order valence-corrected chi connectivity index (χ3v) is 4.38. The van der Waals surface area contributed by atoms with Gasteiger partial charge in [-0.2, -0.15) is 0 Å². The molecule has 5 nitrogen and oxygen atoms in total. The van der Waals surface area contributed by atoms with E-state index in [1.54, 1.807) is 17.0 Å². The van der Waals surface area contributed by atoms with Crippen molar-refractivity contribution in [2.24, 2.45) is 5.92 Å². The second-order valence-corrected chi connectivity index (χ2v) is 5.90. The molecule has 0 atom stereocenters. The van der Waals surface area contributed by atoms with Crippen molar-refractivity contribution >= 4 is 5.91 Å². The molecule has 0 saturated carbocycles. The summed E-state index contributed by atoms with van der Waals surface area (Å²) in [4.78, 5) is 29.3. The molecule has 0 unspecified atom stereocenters. The van der Waals surface area contributed by atoms with Crippen LogP contribution in [0, 0.1) is 5.92 Å². The fraction of sp³-hybridized carbons (Fsp3) is 0.333. The molecule has 23 heavy (non-hydrogen) atoms. The smallest absolute Gasteiger partial charge is 0.261 e. The molecule has 3 rings (SSSR count). The van der Waals surface area contributed by atoms with Gasteiger partial charge in [-0.25, -0.2) is 0 Å². The Kier molecular flexibility index (Phi) is 4.57. The SMILES string of the molecule is O=C(c1ccc(-c2ccccc2)[nH]c1=O)N1CCC(CO)CC1. The van der Waals surface area contributed by atoms with E-state index in [1.165, 1.54) is 0 Å². The molecule has 2 heterocycles. The van der Waals surface area contributed by atoms with Crippen LogP contribution in [0.2, 0.25) is 0 Å². The van der Waals surface area contributed by atoms with Crippen molar-refractivity contribution in [1.29, 1.82) is 0 Å². The molecule has 1 aromatic heterocycles. The van der Waals surface area contributed by atoms with Crippen LogP contribution >= 0.6 is 0 Å². The molecular formula is C18H20N2O3. The van der Waals surface area contributed by atoms with Crippen molar-refractivity contribution in [3.05, 3.63) is 58.4 Å². The van der Waals surface area contributed by atoms with Gasteiger partial charge in [-0.15, -0.1) is 0 Å². The van der Waals surface area contributed by atoms with E-state index >= 15 is 0 Å². The summed E-state index contributed by atoms with van der Waals surface area (Å²) in [5, 5.41) is 9.16. The second-order valence-electron chi connectivity index (χ2n) is 5.90. The molecule has 1 aliphatic rings. The molecule has 2 N–H and O–H groups in total. The summed E-state index contributed by atoms with van der Waals surface area (Å²) in [5.41, 5.74) is 1.42. The zero-order chi connectivity index (χ0) is 16.2. The molecule has 1 aromatic carbocycles. The lowest BCUT2D eigenvalue weighted by Gasteiger charge is -2.31. The summed E-state index contributed by atoms with van der Waals surface area (Å²) >= 11 is 0.